The Morgan fingerprint density at radius 3 is 1.89 bits per heavy atom. The largest absolute Gasteiger partial charge is 0.507 e. The molecule has 5 rings (SSSR count). The number of phenolic OH excluding ortho intramolecular Hbond substituents is 5. The van der Waals surface area contributed by atoms with E-state index in [0.29, 0.717) is 0 Å². The number of hydrogen-bond acceptors (Lipinski definition) is 16. The number of ether oxygens (including phenoxy) is 4. The molecule has 2 fully saturated rings. The van der Waals surface area contributed by atoms with Crippen molar-refractivity contribution in [1.29, 1.82) is 0 Å². The summed E-state index contributed by atoms with van der Waals surface area (Å²) in [7, 11) is 0. The van der Waals surface area contributed by atoms with E-state index >= 15 is 0 Å². The third-order valence-corrected chi connectivity index (χ3v) is 7.33. The molecule has 2 aromatic carbocycles. The maximum atomic E-state index is 10.7. The smallest absolute Gasteiger partial charge is 0.402 e. The summed E-state index contributed by atoms with van der Waals surface area (Å²) in [6, 6.07) is 5.31. The summed E-state index contributed by atoms with van der Waals surface area (Å²) < 4.78 is 27.9. The molecule has 3 aromatic rings. The summed E-state index contributed by atoms with van der Waals surface area (Å²) in [5, 5.41) is 122. The maximum absolute atomic E-state index is 10.7. The highest BCUT2D eigenvalue weighted by Gasteiger charge is 2.48. The van der Waals surface area contributed by atoms with Crippen molar-refractivity contribution in [1.82, 2.24) is 0 Å². The molecule has 4 unspecified atom stereocenters. The molecule has 10 atom stereocenters. The highest BCUT2D eigenvalue weighted by Crippen LogP contribution is 2.45. The van der Waals surface area contributed by atoms with Crippen molar-refractivity contribution in [3.05, 3.63) is 30.3 Å². The molecule has 0 bridgehead atoms. The second-order valence-corrected chi connectivity index (χ2v) is 10.3. The van der Waals surface area contributed by atoms with Gasteiger partial charge in [0.1, 0.15) is 65.7 Å². The van der Waals surface area contributed by atoms with Crippen molar-refractivity contribution in [2.75, 3.05) is 13.2 Å². The number of hydrogen-bond donors (Lipinski definition) is 12. The normalized spacial score (nSPS) is 32.5. The molecule has 3 heterocycles. The van der Waals surface area contributed by atoms with Crippen LogP contribution in [0, 0.1) is 0 Å². The van der Waals surface area contributed by atoms with Gasteiger partial charge in [0, 0.05) is 24.3 Å². The third-order valence-electron chi connectivity index (χ3n) is 7.33. The van der Waals surface area contributed by atoms with Gasteiger partial charge in [-0.1, -0.05) is 0 Å². The molecule has 2 aliphatic heterocycles. The number of benzene rings is 2. The molecule has 0 radical (unpaired) electrons. The molecule has 44 heavy (non-hydrogen) atoms. The van der Waals surface area contributed by atoms with Crippen LogP contribution in [0.3, 0.4) is 0 Å². The van der Waals surface area contributed by atoms with Gasteiger partial charge in [-0.15, -0.1) is 0 Å². The first-order valence-electron chi connectivity index (χ1n) is 13.2. The number of aliphatic hydroxyl groups excluding tert-OH is 7. The summed E-state index contributed by atoms with van der Waals surface area (Å²) in [5.41, 5.74) is -0.186. The quantitative estimate of drug-likeness (QED) is 0.0987. The van der Waals surface area contributed by atoms with E-state index in [-0.39, 0.29) is 33.8 Å². The van der Waals surface area contributed by atoms with Crippen LogP contribution in [0.5, 0.6) is 34.5 Å². The Bertz CT molecular complexity index is 1470. The zero-order valence-corrected chi connectivity index (χ0v) is 22.5. The van der Waals surface area contributed by atoms with Crippen LogP contribution in [0.15, 0.2) is 34.7 Å². The monoisotopic (exact) mass is 627 g/mol. The Morgan fingerprint density at radius 2 is 1.25 bits per heavy atom. The molecule has 240 valence electrons. The molecule has 0 spiro atoms. The predicted octanol–water partition coefficient (Wildman–Crippen LogP) is -2.09. The Labute approximate surface area is 246 Å². The predicted molar refractivity (Wildman–Crippen MR) is 141 cm³/mol. The number of aromatic hydroxyl groups is 5. The van der Waals surface area contributed by atoms with E-state index < -0.39 is 97.6 Å². The minimum absolute atomic E-state index is 0.0119. The summed E-state index contributed by atoms with van der Waals surface area (Å²) >= 11 is 0. The fraction of sp³-hybridized carbons (Fsp3) is 0.444. The highest BCUT2D eigenvalue weighted by molar-refractivity contribution is 5.88. The second kappa shape index (κ2) is 12.3. The Hall–Kier alpha value is -3.75. The number of phenols is 5. The standard InChI is InChI=1S/C27H30O17/c28-6-16-19(34)21(36)23(38)26(43-16)40-7-17-20(35)22(37)24(39)27(44-17)42-15-5-10-11(30)3-9(29)4-14(10)41-25(15)8-1-12(31)18(33)13(32)2-8/h1-5,16-17,19-24,26-28,34-39H,6-7H2,(H4-,29,30,31,32,33)/p+1/t16?,17?,19-,20-,21+,22+,23?,24?,26-,27-/m1/s1. The zero-order chi connectivity index (χ0) is 32.0. The van der Waals surface area contributed by atoms with E-state index in [9.17, 15) is 61.3 Å². The average Bonchev–Trinajstić information content (AvgIpc) is 2.98. The van der Waals surface area contributed by atoms with Gasteiger partial charge in [-0.25, -0.2) is 4.42 Å². The molecular formula is C27H31O17+. The summed E-state index contributed by atoms with van der Waals surface area (Å²) in [5.74, 6) is -3.76. The van der Waals surface area contributed by atoms with Gasteiger partial charge >= 0.3 is 11.3 Å². The van der Waals surface area contributed by atoms with Crippen LogP contribution in [0.25, 0.3) is 22.3 Å². The average molecular weight is 628 g/mol. The first-order chi connectivity index (χ1) is 20.8. The maximum Gasteiger partial charge on any atom is 0.402 e. The molecule has 17 nitrogen and oxygen atoms in total. The van der Waals surface area contributed by atoms with E-state index in [2.05, 4.69) is 0 Å². The third kappa shape index (κ3) is 5.85. The molecule has 0 saturated carbocycles. The summed E-state index contributed by atoms with van der Waals surface area (Å²) in [6.07, 6.45) is -16.9. The fourth-order valence-corrected chi connectivity index (χ4v) is 4.88. The lowest BCUT2D eigenvalue weighted by atomic mass is 9.98. The van der Waals surface area contributed by atoms with Crippen molar-refractivity contribution in [2.24, 2.45) is 0 Å². The van der Waals surface area contributed by atoms with Crippen molar-refractivity contribution in [2.45, 2.75) is 61.4 Å². The first-order valence-corrected chi connectivity index (χ1v) is 13.2. The zero-order valence-electron chi connectivity index (χ0n) is 22.5. The van der Waals surface area contributed by atoms with Gasteiger partial charge in [-0.05, 0) is 0 Å². The molecule has 2 saturated heterocycles. The number of fused-ring (bicyclic) bond motifs is 1. The van der Waals surface area contributed by atoms with Gasteiger partial charge < -0.3 is 80.2 Å². The van der Waals surface area contributed by atoms with Crippen LogP contribution in [0.1, 0.15) is 0 Å². The fourth-order valence-electron chi connectivity index (χ4n) is 4.88. The summed E-state index contributed by atoms with van der Waals surface area (Å²) in [6.45, 7) is -1.36. The lowest BCUT2D eigenvalue weighted by molar-refractivity contribution is -0.323. The van der Waals surface area contributed by atoms with Crippen LogP contribution in [0.2, 0.25) is 0 Å². The Morgan fingerprint density at radius 1 is 0.659 bits per heavy atom. The van der Waals surface area contributed by atoms with E-state index in [1.165, 1.54) is 6.07 Å². The minimum Gasteiger partial charge on any atom is -0.507 e. The minimum atomic E-state index is -1.91. The van der Waals surface area contributed by atoms with Gasteiger partial charge in [0.25, 0.3) is 0 Å². The van der Waals surface area contributed by atoms with Gasteiger partial charge in [-0.2, -0.15) is 0 Å². The van der Waals surface area contributed by atoms with Gasteiger partial charge in [0.15, 0.2) is 23.5 Å². The van der Waals surface area contributed by atoms with Crippen molar-refractivity contribution in [3.8, 4) is 45.8 Å². The lowest BCUT2D eigenvalue weighted by Gasteiger charge is -2.42. The highest BCUT2D eigenvalue weighted by atomic mass is 16.7. The number of aliphatic hydroxyl groups is 7. The van der Waals surface area contributed by atoms with Crippen molar-refractivity contribution < 1.29 is 84.6 Å². The molecule has 0 amide bonds. The molecule has 12 N–H and O–H groups in total. The second-order valence-electron chi connectivity index (χ2n) is 10.3. The SMILES string of the molecule is OCC1O[C@@H](OCC2O[C@@H](Oc3cc4c(O)cc(O)cc4[o+]c3-c3cc(O)c(O)c(O)c3)C(O)[C@@H](O)[C@@H]2O)C(O)[C@@H](O)[C@@H]1O. The molecule has 17 heteroatoms. The molecular weight excluding hydrogens is 596 g/mol. The van der Waals surface area contributed by atoms with Crippen LogP contribution >= 0.6 is 0 Å². The van der Waals surface area contributed by atoms with Crippen LogP contribution in [-0.2, 0) is 14.2 Å². The lowest BCUT2D eigenvalue weighted by Crippen LogP contribution is -2.62. The Kier molecular flexibility index (Phi) is 8.87. The topological polar surface area (TPSA) is 291 Å². The molecule has 1 aromatic heterocycles. The molecule has 2 aliphatic rings. The van der Waals surface area contributed by atoms with Gasteiger partial charge in [0.2, 0.25) is 12.0 Å². The van der Waals surface area contributed by atoms with Crippen LogP contribution < -0.4 is 4.74 Å². The van der Waals surface area contributed by atoms with Crippen LogP contribution in [-0.4, -0.2) is 136 Å². The van der Waals surface area contributed by atoms with E-state index in [4.69, 9.17) is 23.4 Å². The number of rotatable bonds is 7. The summed E-state index contributed by atoms with van der Waals surface area (Å²) in [4.78, 5) is 0. The van der Waals surface area contributed by atoms with Crippen LogP contribution in [0.4, 0.5) is 0 Å². The van der Waals surface area contributed by atoms with Gasteiger partial charge in [0.05, 0.1) is 24.8 Å². The Balaban J connectivity index is 1.45. The van der Waals surface area contributed by atoms with E-state index in [1.54, 1.807) is 0 Å². The van der Waals surface area contributed by atoms with Gasteiger partial charge in [-0.3, -0.25) is 0 Å². The van der Waals surface area contributed by atoms with E-state index in [0.717, 1.165) is 24.3 Å². The van der Waals surface area contributed by atoms with Crippen molar-refractivity contribution >= 4 is 11.0 Å². The van der Waals surface area contributed by atoms with E-state index in [1.807, 2.05) is 0 Å². The first kappa shape index (κ1) is 31.7. The van der Waals surface area contributed by atoms with Crippen molar-refractivity contribution in [3.63, 3.8) is 0 Å². The molecule has 0 aliphatic carbocycles.